The molecule has 0 saturated heterocycles. The van der Waals surface area contributed by atoms with Gasteiger partial charge in [0, 0.05) is 102 Å². The van der Waals surface area contributed by atoms with E-state index < -0.39 is 17.5 Å². The Bertz CT molecular complexity index is 3650. The van der Waals surface area contributed by atoms with E-state index in [2.05, 4.69) is 45.4 Å². The summed E-state index contributed by atoms with van der Waals surface area (Å²) in [5, 5.41) is 86.6. The first-order chi connectivity index (χ1) is 37.7. The van der Waals surface area contributed by atoms with Gasteiger partial charge in [-0.25, -0.2) is 37.8 Å². The van der Waals surface area contributed by atoms with Crippen molar-refractivity contribution < 1.29 is 51.6 Å². The largest absolute Gasteiger partial charge is 0.710 e. The van der Waals surface area contributed by atoms with E-state index in [4.69, 9.17) is 26.8 Å². The van der Waals surface area contributed by atoms with E-state index in [0.717, 1.165) is 43.1 Å². The molecule has 0 bridgehead atoms. The predicted octanol–water partition coefficient (Wildman–Crippen LogP) is 2.78. The summed E-state index contributed by atoms with van der Waals surface area (Å²) in [5.41, 5.74) is 8.17. The Morgan fingerprint density at radius 2 is 0.861 bits per heavy atom. The Labute approximate surface area is 452 Å². The fourth-order valence-corrected chi connectivity index (χ4v) is 6.89. The van der Waals surface area contributed by atoms with Crippen molar-refractivity contribution in [1.82, 2.24) is 55.2 Å². The number of rotatable bonds is 11. The number of aromatic nitrogens is 15. The van der Waals surface area contributed by atoms with Gasteiger partial charge in [-0.05, 0) is 89.5 Å². The van der Waals surface area contributed by atoms with Gasteiger partial charge < -0.3 is 56.3 Å². The fourth-order valence-electron chi connectivity index (χ4n) is 6.73. The first-order valence-corrected chi connectivity index (χ1v) is 24.3. The number of fused-ring (bicyclic) bond motifs is 5. The Hall–Kier alpha value is -9.35. The molecule has 26 nitrogen and oxygen atoms in total. The third-order valence-electron chi connectivity index (χ3n) is 10.7. The summed E-state index contributed by atoms with van der Waals surface area (Å²) in [5.74, 6) is 0.913. The quantitative estimate of drug-likeness (QED) is 0.144. The van der Waals surface area contributed by atoms with Crippen molar-refractivity contribution in [1.29, 1.82) is 0 Å². The zero-order chi connectivity index (χ0) is 57.5. The average molecular weight is 1110 g/mol. The van der Waals surface area contributed by atoms with E-state index in [9.17, 15) is 44.4 Å². The zero-order valence-electron chi connectivity index (χ0n) is 43.6. The smallest absolute Gasteiger partial charge is 0.376 e. The molecule has 0 saturated carbocycles. The molecule has 10 rings (SSSR count). The summed E-state index contributed by atoms with van der Waals surface area (Å²) in [7, 11) is 7.89. The van der Waals surface area contributed by atoms with Crippen molar-refractivity contribution in [3.05, 3.63) is 162 Å². The number of aryl methyl sites for hydroxylation is 3. The van der Waals surface area contributed by atoms with E-state index in [1.54, 1.807) is 43.3 Å². The number of halogens is 4. The summed E-state index contributed by atoms with van der Waals surface area (Å²) in [6.45, 7) is 8.25. The minimum absolute atomic E-state index is 0.173. The van der Waals surface area contributed by atoms with Crippen LogP contribution in [0.1, 0.15) is 38.2 Å². The fraction of sp³-hybridized carbons (Fsp3) is 0.286. The van der Waals surface area contributed by atoms with Crippen LogP contribution in [0.15, 0.2) is 91.0 Å². The molecular weight excluding hydrogens is 1060 g/mol. The highest BCUT2D eigenvalue weighted by Crippen LogP contribution is 2.18. The molecule has 0 fully saturated rings. The normalized spacial score (nSPS) is 10.9. The van der Waals surface area contributed by atoms with Gasteiger partial charge in [-0.15, -0.1) is 0 Å². The highest BCUT2D eigenvalue weighted by molar-refractivity contribution is 6.28. The number of hydrogen-bond donors (Lipinski definition) is 1. The van der Waals surface area contributed by atoms with Crippen molar-refractivity contribution >= 4 is 72.7 Å². The maximum absolute atomic E-state index is 12.8. The molecule has 0 aliphatic rings. The molecule has 0 amide bonds. The van der Waals surface area contributed by atoms with Crippen LogP contribution in [0.4, 0.5) is 19.1 Å². The van der Waals surface area contributed by atoms with Gasteiger partial charge in [0.15, 0.2) is 11.6 Å². The van der Waals surface area contributed by atoms with E-state index >= 15 is 0 Å². The van der Waals surface area contributed by atoms with Gasteiger partial charge in [-0.2, -0.15) is 0 Å². The van der Waals surface area contributed by atoms with Crippen molar-refractivity contribution in [2.75, 3.05) is 60.2 Å². The van der Waals surface area contributed by atoms with Crippen LogP contribution in [-0.2, 0) is 19.3 Å². The maximum Gasteiger partial charge on any atom is 0.376 e. The lowest BCUT2D eigenvalue weighted by Crippen LogP contribution is -2.45. The van der Waals surface area contributed by atoms with E-state index in [-0.39, 0.29) is 55.7 Å². The van der Waals surface area contributed by atoms with E-state index in [1.807, 2.05) is 51.8 Å². The number of anilines is 1. The molecule has 5 aromatic carbocycles. The van der Waals surface area contributed by atoms with Gasteiger partial charge in [0.05, 0.1) is 16.4 Å². The van der Waals surface area contributed by atoms with Gasteiger partial charge in [0.1, 0.15) is 64.2 Å². The van der Waals surface area contributed by atoms with Crippen LogP contribution < -0.4 is 44.2 Å². The summed E-state index contributed by atoms with van der Waals surface area (Å²) in [6.07, 6.45) is 1.58. The molecule has 2 N–H and O–H groups in total. The summed E-state index contributed by atoms with van der Waals surface area (Å²) >= 11 is 5.41. The second-order valence-electron chi connectivity index (χ2n) is 17.0. The number of benzene rings is 5. The minimum Gasteiger partial charge on any atom is -0.710 e. The Morgan fingerprint density at radius 3 is 1.33 bits per heavy atom. The molecular formula is C49H52ClF3N18O8. The summed E-state index contributed by atoms with van der Waals surface area (Å²) < 4.78 is 50.1. The molecule has 0 aliphatic carbocycles. The van der Waals surface area contributed by atoms with Gasteiger partial charge in [0.25, 0.3) is 33.3 Å². The molecule has 5 aromatic heterocycles. The second-order valence-corrected chi connectivity index (χ2v) is 17.4. The molecule has 0 atom stereocenters. The van der Waals surface area contributed by atoms with Gasteiger partial charge >= 0.3 is 11.3 Å². The Kier molecular flexibility index (Phi) is 20.2. The molecule has 79 heavy (non-hydrogen) atoms. The minimum atomic E-state index is -0.470. The first kappa shape index (κ1) is 58.9. The number of nitrogens with zero attached hydrogens (tertiary/aromatic N) is 17. The van der Waals surface area contributed by atoms with Crippen LogP contribution in [0, 0.1) is 48.7 Å². The van der Waals surface area contributed by atoms with Crippen molar-refractivity contribution in [3.63, 3.8) is 0 Å². The molecule has 0 spiro atoms. The van der Waals surface area contributed by atoms with Crippen molar-refractivity contribution in [2.24, 2.45) is 0 Å². The number of likely N-dealkylation sites (N-methyl/N-ethyl adjacent to an activating group) is 2. The standard InChI is InChI=1S/C13H18N4O3.C13H18N4O2.C9H8FN3O.C7H3ClFN3O.C7H5FN4O/c1-4-13-14-17(19)11-6-5-10(9-12(11)16(13)18)20-8-7-15(2)3;1-4-13-14-11-9-10(19-8-7-16(2)3)5-6-12(11)17(18)15-13;1-2-9-11-7-5-6(10)3-4-8(7)13(14)12-9;8-7-10-5-3-4(9)1-2-6(5)12(13)11-7;8-4-1-2-6-5(3-4)10-7(9)11-12(6)13/h5-6,9H,4,7-8H2,1-3H3;5-6,9H,4,7-8H2,1-3H3;3-5H,2H2,1H3;1-3H;1-3H,(H2,9,10,11). The molecule has 0 radical (unpaired) electrons. The highest BCUT2D eigenvalue weighted by atomic mass is 35.5. The van der Waals surface area contributed by atoms with E-state index in [0.29, 0.717) is 95.4 Å². The first-order valence-electron chi connectivity index (χ1n) is 23.9. The third kappa shape index (κ3) is 16.1. The topological polar surface area (TPSA) is 329 Å². The maximum atomic E-state index is 12.8. The van der Waals surface area contributed by atoms with Crippen molar-refractivity contribution in [2.45, 2.75) is 40.0 Å². The highest BCUT2D eigenvalue weighted by Gasteiger charge is 2.21. The monoisotopic (exact) mass is 1110 g/mol. The summed E-state index contributed by atoms with van der Waals surface area (Å²) in [4.78, 5) is 22.0. The second kappa shape index (κ2) is 27.1. The lowest BCUT2D eigenvalue weighted by atomic mass is 10.3. The predicted molar refractivity (Wildman–Crippen MR) is 279 cm³/mol. The van der Waals surface area contributed by atoms with Gasteiger partial charge in [-0.1, -0.05) is 20.8 Å². The zero-order valence-corrected chi connectivity index (χ0v) is 44.3. The SMILES string of the molecule is CCc1n[n+]([O-])c2ccc(OCCN(C)C)cc2[n+]1[O-].CCc1nc2cc(F)ccc2[n+]([O-])n1.CCc1nc2cc(OCCN(C)C)ccc2[n+]([O-])n1.Nc1nc2cc(F)ccc2[n+]([O-])n1.[O-][n+]1nc(Cl)nc2cc(F)ccc21. The molecule has 0 unspecified atom stereocenters. The Balaban J connectivity index is 0.000000161. The average Bonchev–Trinajstić information content (AvgIpc) is 3.45. The van der Waals surface area contributed by atoms with E-state index in [1.165, 1.54) is 30.3 Å². The number of hydrogen-bond acceptors (Lipinski definition) is 20. The molecule has 414 valence electrons. The Morgan fingerprint density at radius 1 is 0.468 bits per heavy atom. The number of nitrogens with two attached hydrogens (primary N) is 1. The van der Waals surface area contributed by atoms with Gasteiger partial charge in [0.2, 0.25) is 10.6 Å². The van der Waals surface area contributed by atoms with Crippen molar-refractivity contribution in [3.8, 4) is 11.5 Å². The van der Waals surface area contributed by atoms with Crippen LogP contribution in [0.25, 0.3) is 55.2 Å². The molecule has 5 heterocycles. The van der Waals surface area contributed by atoms with Crippen LogP contribution in [0.2, 0.25) is 5.28 Å². The number of nitrogen functional groups attached to an aromatic ring is 1. The molecule has 10 aromatic rings. The van der Waals surface area contributed by atoms with Crippen LogP contribution in [-0.4, -0.2) is 110 Å². The third-order valence-corrected chi connectivity index (χ3v) is 10.8. The number of ether oxygens (including phenoxy) is 2. The van der Waals surface area contributed by atoms with Gasteiger partial charge in [-0.3, -0.25) is 0 Å². The lowest BCUT2D eigenvalue weighted by Gasteiger charge is -2.11. The van der Waals surface area contributed by atoms with Crippen LogP contribution in [0.3, 0.4) is 0 Å². The molecule has 0 aliphatic heterocycles. The molecule has 30 heteroatoms. The van der Waals surface area contributed by atoms with Crippen LogP contribution in [0.5, 0.6) is 11.5 Å². The van der Waals surface area contributed by atoms with Crippen LogP contribution >= 0.6 is 11.6 Å². The summed E-state index contributed by atoms with van der Waals surface area (Å²) in [6, 6.07) is 21.0. The lowest BCUT2D eigenvalue weighted by molar-refractivity contribution is -0.685.